The minimum Gasteiger partial charge on any atom is -0.374 e. The molecule has 0 aliphatic carbocycles. The van der Waals surface area contributed by atoms with Gasteiger partial charge in [0, 0.05) is 32.1 Å². The average molecular weight is 981 g/mol. The lowest BCUT2D eigenvalue weighted by Crippen LogP contribution is -2.61. The molecule has 0 spiro atoms. The molecule has 7 aliphatic heterocycles. The van der Waals surface area contributed by atoms with Gasteiger partial charge in [-0.1, -0.05) is 93.9 Å². The van der Waals surface area contributed by atoms with E-state index in [1.54, 1.807) is 0 Å². The normalized spacial score (nSPS) is 44.2. The molecule has 0 aromatic heterocycles. The van der Waals surface area contributed by atoms with Crippen LogP contribution in [-0.4, -0.2) is 97.4 Å². The summed E-state index contributed by atoms with van der Waals surface area (Å²) in [6.45, 7) is 20.4. The highest BCUT2D eigenvalue weighted by atomic mass is 32.4. The molecule has 7 rings (SSSR count). The maximum Gasteiger partial charge on any atom is 0.135 e. The van der Waals surface area contributed by atoms with Crippen LogP contribution in [0.3, 0.4) is 0 Å². The minimum atomic E-state index is -0.912. The number of ketones is 1. The predicted octanol–water partition coefficient (Wildman–Crippen LogP) is 10.8. The van der Waals surface area contributed by atoms with Crippen LogP contribution in [0.15, 0.2) is 48.6 Å². The fraction of sp³-hybridized carbons (Fsp3) is 0.791. The average Bonchev–Trinajstić information content (AvgIpc) is 3.81. The molecule has 7 heterocycles. The molecule has 9 nitrogen and oxygen atoms in total. The van der Waals surface area contributed by atoms with Crippen molar-refractivity contribution in [3.05, 3.63) is 48.6 Å². The Labute approximate surface area is 376 Å². The Kier molecular flexibility index (Phi) is 18.8. The molecule has 8 bridgehead atoms. The van der Waals surface area contributed by atoms with Gasteiger partial charge in [0.1, 0.15) is 36.3 Å². The molecule has 17 heteroatoms. The van der Waals surface area contributed by atoms with Crippen LogP contribution < -0.4 is 0 Å². The number of fused-ring (bicyclic) bond motifs is 7. The molecule has 338 valence electrons. The molecule has 60 heavy (non-hydrogen) atoms. The number of carbonyl (C=O) groups is 1. The highest BCUT2D eigenvalue weighted by molar-refractivity contribution is 8.41. The highest BCUT2D eigenvalue weighted by Gasteiger charge is 2.59. The summed E-state index contributed by atoms with van der Waals surface area (Å²) in [5.41, 5.74) is 3.21. The van der Waals surface area contributed by atoms with Crippen molar-refractivity contribution >= 4 is 73.7 Å². The van der Waals surface area contributed by atoms with Crippen molar-refractivity contribution < 1.29 is 42.3 Å². The van der Waals surface area contributed by atoms with Crippen molar-refractivity contribution in [3.8, 4) is 0 Å². The van der Waals surface area contributed by atoms with E-state index in [1.165, 1.54) is 12.6 Å². The van der Waals surface area contributed by atoms with Crippen LogP contribution in [0.25, 0.3) is 0 Å². The summed E-state index contributed by atoms with van der Waals surface area (Å²) in [5.74, 6) is 1.48. The van der Waals surface area contributed by atoms with E-state index in [4.69, 9.17) is 37.5 Å². The van der Waals surface area contributed by atoms with Gasteiger partial charge in [-0.2, -0.15) is 0 Å². The fourth-order valence-corrected chi connectivity index (χ4v) is 14.8. The second-order valence-electron chi connectivity index (χ2n) is 18.7. The van der Waals surface area contributed by atoms with Crippen molar-refractivity contribution in [3.63, 3.8) is 0 Å². The first kappa shape index (κ1) is 49.6. The number of allylic oxidation sites excluding steroid dienone is 1. The lowest BCUT2D eigenvalue weighted by molar-refractivity contribution is -0.251. The highest BCUT2D eigenvalue weighted by Crippen LogP contribution is 2.60. The van der Waals surface area contributed by atoms with Crippen molar-refractivity contribution in [1.82, 2.24) is 0 Å². The van der Waals surface area contributed by atoms with Gasteiger partial charge in [0.05, 0.1) is 70.0 Å². The van der Waals surface area contributed by atoms with Crippen LogP contribution in [-0.2, 0) is 42.3 Å². The summed E-state index contributed by atoms with van der Waals surface area (Å²) < 4.78 is 54.6. The van der Waals surface area contributed by atoms with Gasteiger partial charge in [0.25, 0.3) is 0 Å². The third-order valence-electron chi connectivity index (χ3n) is 14.2. The molecule has 0 radical (unpaired) electrons. The van der Waals surface area contributed by atoms with Gasteiger partial charge in [0.2, 0.25) is 0 Å². The van der Waals surface area contributed by atoms with Gasteiger partial charge in [-0.3, -0.25) is 4.79 Å². The third-order valence-corrected chi connectivity index (χ3v) is 18.1. The zero-order chi connectivity index (χ0) is 42.8. The number of hydrogen-bond donors (Lipinski definition) is 0. The molecule has 0 N–H and O–H groups in total. The van der Waals surface area contributed by atoms with Gasteiger partial charge in [-0.05, 0) is 85.9 Å². The van der Waals surface area contributed by atoms with Crippen molar-refractivity contribution in [2.24, 2.45) is 23.7 Å². The molecule has 0 aromatic carbocycles. The van der Waals surface area contributed by atoms with Crippen molar-refractivity contribution in [2.75, 3.05) is 6.16 Å². The van der Waals surface area contributed by atoms with E-state index >= 15 is 0 Å². The fourth-order valence-electron chi connectivity index (χ4n) is 10.9. The Hall–Kier alpha value is 1.75. The van der Waals surface area contributed by atoms with Crippen LogP contribution in [0, 0.1) is 23.7 Å². The largest absolute Gasteiger partial charge is 0.374 e. The molecule has 6 fully saturated rings. The first-order valence-corrected chi connectivity index (χ1v) is 34.2. The van der Waals surface area contributed by atoms with Crippen molar-refractivity contribution in [1.29, 1.82) is 0 Å². The van der Waals surface area contributed by atoms with Gasteiger partial charge in [0.15, 0.2) is 0 Å². The van der Waals surface area contributed by atoms with Gasteiger partial charge < -0.3 is 37.5 Å². The zero-order valence-electron chi connectivity index (χ0n) is 35.8. The third kappa shape index (κ3) is 12.4. The summed E-state index contributed by atoms with van der Waals surface area (Å²) in [6, 6.07) is 0. The van der Waals surface area contributed by atoms with Gasteiger partial charge >= 0.3 is 0 Å². The second kappa shape index (κ2) is 22.7. The Morgan fingerprint density at radius 3 is 2.25 bits per heavy atom. The molecule has 7 aliphatic rings. The topological polar surface area (TPSA) is 90.9 Å². The van der Waals surface area contributed by atoms with Crippen LogP contribution in [0.2, 0.25) is 0 Å². The molecule has 6 saturated heterocycles. The molecule has 24 atom stereocenters. The Morgan fingerprint density at radius 2 is 1.50 bits per heavy atom. The Morgan fingerprint density at radius 1 is 0.783 bits per heavy atom. The maximum atomic E-state index is 14.3. The van der Waals surface area contributed by atoms with E-state index in [1.807, 2.05) is 0 Å². The molecule has 0 aromatic rings. The summed E-state index contributed by atoms with van der Waals surface area (Å²) >= 11 is 0. The second-order valence-corrected chi connectivity index (χ2v) is 32.4. The summed E-state index contributed by atoms with van der Waals surface area (Å²) in [5, 5.41) is 0. The van der Waals surface area contributed by atoms with Crippen LogP contribution in [0.4, 0.5) is 0 Å². The van der Waals surface area contributed by atoms with Crippen molar-refractivity contribution in [2.45, 2.75) is 183 Å². The number of Topliss-reactive ketones (excluding diaryl/α,β-unsaturated/α-hetero) is 1. The van der Waals surface area contributed by atoms with E-state index < -0.39 is 21.2 Å². The monoisotopic (exact) mass is 980 g/mol. The first-order chi connectivity index (χ1) is 28.7. The Balaban J connectivity index is 1.15. The minimum absolute atomic E-state index is 0.0187. The Bertz CT molecular complexity index is 1550. The molecule has 0 saturated carbocycles. The van der Waals surface area contributed by atoms with E-state index in [-0.39, 0.29) is 97.0 Å². The van der Waals surface area contributed by atoms with E-state index in [2.05, 4.69) is 97.3 Å². The molecule has 0 amide bonds. The zero-order valence-corrected chi connectivity index (χ0v) is 44.4. The predicted molar refractivity (Wildman–Crippen MR) is 265 cm³/mol. The summed E-state index contributed by atoms with van der Waals surface area (Å²) in [6.07, 6.45) is 12.2. The van der Waals surface area contributed by atoms with Crippen LogP contribution in [0.1, 0.15) is 97.8 Å². The maximum absolute atomic E-state index is 14.3. The number of hydrogen-bond acceptors (Lipinski definition) is 9. The standard InChI is InChI=1S/C43H72O9P8/c1-22-7-8-29-18-25(4)33(45-29)11-9-30-17-24(3)26(5)36(46-30)21-37-32(27(6)35(48-37)15-23(2)13-14-58-53)20-28(44)19-31-10-12-34-39(47-31)43(52-60(56)57)42-41(49-34)40(51-59(54)55)38(16-22)50-42/h7-8,23-24,27,29-43,58H,1,4-5,9-21,53-57H2,2-3,6H3/b8-7+/t23-,24-,27-,29?,30+,31-,32?,33?,34+,35-,36-,37?,38-,39+,40+,41+,42-,43+/m1/s1. The SMILES string of the molecule is C=C1/C=C/C2CC(=C)C(CC[C@H]3C[C@@H](C)C(=C)[C@@H](CC4O[C@H](C[C@H](C)CCPP)[C@H](C)C4CC(=O)C[C@H]4CC[C@@H]5O[C@@H]6[C@@H](O[C@H](C1)[C@@H]6OP(P)P)[C@@H](OP(P)P)[C@H]5O4)O3)O2. The summed E-state index contributed by atoms with van der Waals surface area (Å²) in [4.78, 5) is 14.3. The molecular weight excluding hydrogens is 908 g/mol. The first-order valence-electron chi connectivity index (χ1n) is 22.2. The lowest BCUT2D eigenvalue weighted by Gasteiger charge is -2.48. The quantitative estimate of drug-likeness (QED) is 0.165. The smallest absolute Gasteiger partial charge is 0.135 e. The van der Waals surface area contributed by atoms with Gasteiger partial charge in [-0.15, -0.1) is 17.2 Å². The number of ether oxygens (including phenoxy) is 6. The number of carbonyl (C=O) groups excluding carboxylic acids is 1. The van der Waals surface area contributed by atoms with E-state index in [0.29, 0.717) is 31.1 Å². The molecular formula is C43H72O9P8. The molecule has 10 unspecified atom stereocenters. The van der Waals surface area contributed by atoms with E-state index in [9.17, 15) is 4.79 Å². The number of rotatable bonds is 9. The van der Waals surface area contributed by atoms with Crippen LogP contribution in [0.5, 0.6) is 0 Å². The lowest BCUT2D eigenvalue weighted by atomic mass is 9.78. The van der Waals surface area contributed by atoms with E-state index in [0.717, 1.165) is 76.4 Å². The van der Waals surface area contributed by atoms with Crippen LogP contribution >= 0.6 is 68.0 Å². The summed E-state index contributed by atoms with van der Waals surface area (Å²) in [7, 11) is 13.2. The van der Waals surface area contributed by atoms with Gasteiger partial charge in [-0.25, -0.2) is 0 Å².